The smallest absolute Gasteiger partial charge is 0.379 e. The van der Waals surface area contributed by atoms with Gasteiger partial charge in [0.2, 0.25) is 0 Å². The highest BCUT2D eigenvalue weighted by Crippen LogP contribution is 2.39. The van der Waals surface area contributed by atoms with Crippen molar-refractivity contribution in [2.75, 3.05) is 19.8 Å². The van der Waals surface area contributed by atoms with Crippen LogP contribution in [0.3, 0.4) is 0 Å². The largest absolute Gasteiger partial charge is 0.486 e. The Morgan fingerprint density at radius 2 is 2.05 bits per heavy atom. The predicted molar refractivity (Wildman–Crippen MR) is 70.8 cm³/mol. The molecule has 0 radical (unpaired) electrons. The second-order valence-corrected chi connectivity index (χ2v) is 4.79. The molecule has 0 aliphatic carbocycles. The van der Waals surface area contributed by atoms with E-state index in [0.29, 0.717) is 34.7 Å². The van der Waals surface area contributed by atoms with Gasteiger partial charge in [0.05, 0.1) is 12.2 Å². The second-order valence-electron chi connectivity index (χ2n) is 3.93. The Balaban J connectivity index is 2.46. The van der Waals surface area contributed by atoms with Gasteiger partial charge in [0.25, 0.3) is 5.78 Å². The molecule has 1 aromatic carbocycles. The predicted octanol–water partition coefficient (Wildman–Crippen LogP) is 2.27. The fourth-order valence-electron chi connectivity index (χ4n) is 1.89. The van der Waals surface area contributed by atoms with Crippen molar-refractivity contribution in [2.24, 2.45) is 0 Å². The van der Waals surface area contributed by atoms with Crippen LogP contribution < -0.4 is 9.47 Å². The highest BCUT2D eigenvalue weighted by Gasteiger charge is 2.27. The molecular formula is C13H13BrO5. The number of hydrogen-bond acceptors (Lipinski definition) is 5. The van der Waals surface area contributed by atoms with Crippen LogP contribution in [0.25, 0.3) is 0 Å². The Bertz CT molecular complexity index is 538. The third-order valence-corrected chi connectivity index (χ3v) is 3.34. The molecule has 0 saturated heterocycles. The van der Waals surface area contributed by atoms with Gasteiger partial charge in [-0.25, -0.2) is 4.79 Å². The zero-order valence-electron chi connectivity index (χ0n) is 10.6. The van der Waals surface area contributed by atoms with Gasteiger partial charge in [0.15, 0.2) is 11.5 Å². The van der Waals surface area contributed by atoms with Gasteiger partial charge < -0.3 is 14.2 Å². The average molecular weight is 329 g/mol. The van der Waals surface area contributed by atoms with Gasteiger partial charge in [-0.1, -0.05) is 0 Å². The minimum atomic E-state index is -0.872. The normalized spacial score (nSPS) is 13.0. The van der Waals surface area contributed by atoms with E-state index in [9.17, 15) is 9.59 Å². The number of ether oxygens (including phenoxy) is 3. The van der Waals surface area contributed by atoms with E-state index in [-0.39, 0.29) is 12.2 Å². The van der Waals surface area contributed by atoms with E-state index in [2.05, 4.69) is 15.9 Å². The monoisotopic (exact) mass is 328 g/mol. The molecule has 19 heavy (non-hydrogen) atoms. The number of carbonyl (C=O) groups is 2. The van der Waals surface area contributed by atoms with E-state index in [4.69, 9.17) is 14.2 Å². The zero-order chi connectivity index (χ0) is 14.0. The summed E-state index contributed by atoms with van der Waals surface area (Å²) in [5.41, 5.74) is 0.824. The van der Waals surface area contributed by atoms with Crippen molar-refractivity contribution in [3.8, 4) is 11.5 Å². The quantitative estimate of drug-likeness (QED) is 0.484. The van der Waals surface area contributed by atoms with Crippen LogP contribution in [0.1, 0.15) is 22.8 Å². The van der Waals surface area contributed by atoms with Gasteiger partial charge in [0, 0.05) is 10.0 Å². The first-order valence-electron chi connectivity index (χ1n) is 5.86. The van der Waals surface area contributed by atoms with Gasteiger partial charge in [-0.3, -0.25) is 4.79 Å². The summed E-state index contributed by atoms with van der Waals surface area (Å²) in [5.74, 6) is -0.496. The molecule has 1 aliphatic heterocycles. The fourth-order valence-corrected chi connectivity index (χ4v) is 2.58. The van der Waals surface area contributed by atoms with Crippen molar-refractivity contribution in [1.82, 2.24) is 0 Å². The Labute approximate surface area is 119 Å². The maximum absolute atomic E-state index is 12.1. The Hall–Kier alpha value is -1.56. The second kappa shape index (κ2) is 5.61. The molecule has 5 nitrogen and oxygen atoms in total. The van der Waals surface area contributed by atoms with E-state index in [1.165, 1.54) is 0 Å². The SMILES string of the molecule is CCOC(=O)C(=O)c1c(Br)cc2c(c1C)OCCO2. The first-order chi connectivity index (χ1) is 9.06. The maximum Gasteiger partial charge on any atom is 0.379 e. The molecule has 0 N–H and O–H groups in total. The van der Waals surface area contributed by atoms with Crippen molar-refractivity contribution in [3.63, 3.8) is 0 Å². The van der Waals surface area contributed by atoms with Crippen LogP contribution in [0.4, 0.5) is 0 Å². The van der Waals surface area contributed by atoms with Crippen molar-refractivity contribution in [3.05, 3.63) is 21.7 Å². The van der Waals surface area contributed by atoms with E-state index in [0.717, 1.165) is 0 Å². The molecule has 0 fully saturated rings. The van der Waals surface area contributed by atoms with Crippen LogP contribution in [0.15, 0.2) is 10.5 Å². The lowest BCUT2D eigenvalue weighted by molar-refractivity contribution is -0.137. The summed E-state index contributed by atoms with van der Waals surface area (Å²) in [7, 11) is 0. The number of halogens is 1. The number of rotatable bonds is 3. The Morgan fingerprint density at radius 1 is 1.37 bits per heavy atom. The number of ketones is 1. The molecule has 0 aromatic heterocycles. The molecule has 1 aromatic rings. The molecule has 1 heterocycles. The molecule has 0 spiro atoms. The zero-order valence-corrected chi connectivity index (χ0v) is 12.2. The number of esters is 1. The van der Waals surface area contributed by atoms with Gasteiger partial charge in [-0.05, 0) is 35.8 Å². The van der Waals surface area contributed by atoms with Crippen LogP contribution in [0, 0.1) is 6.92 Å². The lowest BCUT2D eigenvalue weighted by Gasteiger charge is -2.22. The van der Waals surface area contributed by atoms with Gasteiger partial charge in [-0.2, -0.15) is 0 Å². The van der Waals surface area contributed by atoms with Crippen molar-refractivity contribution >= 4 is 27.7 Å². The van der Waals surface area contributed by atoms with E-state index < -0.39 is 11.8 Å². The number of Topliss-reactive ketones (excluding diaryl/α,β-unsaturated/α-hetero) is 1. The summed E-state index contributed by atoms with van der Waals surface area (Å²) in [4.78, 5) is 23.6. The topological polar surface area (TPSA) is 61.8 Å². The molecule has 0 unspecified atom stereocenters. The minimum absolute atomic E-state index is 0.159. The van der Waals surface area contributed by atoms with E-state index in [1.54, 1.807) is 19.9 Å². The van der Waals surface area contributed by atoms with Crippen LogP contribution in [-0.2, 0) is 9.53 Å². The molecule has 6 heteroatoms. The first-order valence-corrected chi connectivity index (χ1v) is 6.65. The Morgan fingerprint density at radius 3 is 2.74 bits per heavy atom. The van der Waals surface area contributed by atoms with E-state index >= 15 is 0 Å². The number of benzene rings is 1. The number of fused-ring (bicyclic) bond motifs is 1. The number of hydrogen-bond donors (Lipinski definition) is 0. The van der Waals surface area contributed by atoms with E-state index in [1.807, 2.05) is 0 Å². The van der Waals surface area contributed by atoms with Crippen molar-refractivity contribution in [2.45, 2.75) is 13.8 Å². The summed E-state index contributed by atoms with van der Waals surface area (Å²) in [6.45, 7) is 4.40. The number of carbonyl (C=O) groups excluding carboxylic acids is 2. The van der Waals surface area contributed by atoms with Crippen LogP contribution in [0.2, 0.25) is 0 Å². The summed E-state index contributed by atoms with van der Waals surface area (Å²) >= 11 is 3.28. The molecule has 102 valence electrons. The van der Waals surface area contributed by atoms with Gasteiger partial charge in [0.1, 0.15) is 13.2 Å². The lowest BCUT2D eigenvalue weighted by atomic mass is 10.0. The molecule has 0 amide bonds. The summed E-state index contributed by atoms with van der Waals surface area (Å²) in [6, 6.07) is 1.63. The third kappa shape index (κ3) is 2.58. The van der Waals surface area contributed by atoms with Gasteiger partial charge in [-0.15, -0.1) is 0 Å². The molecular weight excluding hydrogens is 316 g/mol. The van der Waals surface area contributed by atoms with Crippen LogP contribution >= 0.6 is 15.9 Å². The van der Waals surface area contributed by atoms with Crippen LogP contribution in [0.5, 0.6) is 11.5 Å². The maximum atomic E-state index is 12.1. The summed E-state index contributed by atoms with van der Waals surface area (Å²) < 4.78 is 16.2. The fraction of sp³-hybridized carbons (Fsp3) is 0.385. The molecule has 1 aliphatic rings. The van der Waals surface area contributed by atoms with Crippen LogP contribution in [-0.4, -0.2) is 31.6 Å². The highest BCUT2D eigenvalue weighted by molar-refractivity contribution is 9.10. The Kier molecular flexibility index (Phi) is 4.09. The summed E-state index contributed by atoms with van der Waals surface area (Å²) in [5, 5.41) is 0. The molecule has 2 rings (SSSR count). The average Bonchev–Trinajstić information content (AvgIpc) is 2.38. The van der Waals surface area contributed by atoms with Gasteiger partial charge >= 0.3 is 5.97 Å². The standard InChI is InChI=1S/C13H13BrO5/c1-3-17-13(16)11(15)10-7(2)12-9(6-8(10)14)18-4-5-19-12/h6H,3-5H2,1-2H3. The molecule has 0 bridgehead atoms. The highest BCUT2D eigenvalue weighted by atomic mass is 79.9. The van der Waals surface area contributed by atoms with Crippen molar-refractivity contribution < 1.29 is 23.8 Å². The minimum Gasteiger partial charge on any atom is -0.486 e. The first kappa shape index (κ1) is 13.9. The third-order valence-electron chi connectivity index (χ3n) is 2.71. The molecule has 0 saturated carbocycles. The summed E-state index contributed by atoms with van der Waals surface area (Å²) in [6.07, 6.45) is 0. The lowest BCUT2D eigenvalue weighted by Crippen LogP contribution is -2.21. The van der Waals surface area contributed by atoms with Crippen molar-refractivity contribution in [1.29, 1.82) is 0 Å². The molecule has 0 atom stereocenters.